The first-order valence-corrected chi connectivity index (χ1v) is 11.5. The van der Waals surface area contributed by atoms with Gasteiger partial charge in [0.15, 0.2) is 5.82 Å². The first-order valence-electron chi connectivity index (χ1n) is 11.5. The predicted molar refractivity (Wildman–Crippen MR) is 128 cm³/mol. The topological polar surface area (TPSA) is 80.5 Å². The Balaban J connectivity index is 1.39. The number of halogens is 3. The molecule has 0 bridgehead atoms. The fourth-order valence-corrected chi connectivity index (χ4v) is 4.72. The maximum Gasteiger partial charge on any atom is 0.416 e. The SMILES string of the molecule is O=C1c2ccccc2C(=O)N1CCc1nnc2n1-c1ccc(C(F)(F)F)cc1C(c1ccccc1)=NC2. The van der Waals surface area contributed by atoms with Gasteiger partial charge in [0.2, 0.25) is 0 Å². The minimum absolute atomic E-state index is 0.0485. The summed E-state index contributed by atoms with van der Waals surface area (Å²) in [5, 5.41) is 8.47. The molecular formula is C27H18F3N5O2. The van der Waals surface area contributed by atoms with Crippen molar-refractivity contribution < 1.29 is 22.8 Å². The molecule has 4 aromatic rings. The number of hydrogen-bond acceptors (Lipinski definition) is 5. The number of aromatic nitrogens is 3. The Bertz CT molecular complexity index is 1560. The van der Waals surface area contributed by atoms with Crippen LogP contribution in [0.1, 0.15) is 49.1 Å². The van der Waals surface area contributed by atoms with Crippen LogP contribution in [-0.2, 0) is 19.1 Å². The van der Waals surface area contributed by atoms with Gasteiger partial charge in [-0.2, -0.15) is 13.2 Å². The van der Waals surface area contributed by atoms with E-state index >= 15 is 0 Å². The summed E-state index contributed by atoms with van der Waals surface area (Å²) >= 11 is 0. The number of hydrogen-bond donors (Lipinski definition) is 0. The van der Waals surface area contributed by atoms with Crippen molar-refractivity contribution in [1.29, 1.82) is 0 Å². The summed E-state index contributed by atoms with van der Waals surface area (Å²) in [6, 6.07) is 19.1. The van der Waals surface area contributed by atoms with Gasteiger partial charge < -0.3 is 0 Å². The number of amides is 2. The monoisotopic (exact) mass is 501 g/mol. The molecule has 0 atom stereocenters. The van der Waals surface area contributed by atoms with E-state index in [4.69, 9.17) is 0 Å². The van der Waals surface area contributed by atoms with Crippen LogP contribution in [0.3, 0.4) is 0 Å². The molecule has 0 aliphatic carbocycles. The molecule has 0 saturated heterocycles. The Labute approximate surface area is 208 Å². The van der Waals surface area contributed by atoms with Crippen LogP contribution in [0.15, 0.2) is 77.8 Å². The highest BCUT2D eigenvalue weighted by atomic mass is 19.4. The van der Waals surface area contributed by atoms with E-state index in [1.807, 2.05) is 6.07 Å². The lowest BCUT2D eigenvalue weighted by Gasteiger charge is -2.17. The van der Waals surface area contributed by atoms with Gasteiger partial charge in [-0.05, 0) is 30.3 Å². The van der Waals surface area contributed by atoms with E-state index in [1.165, 1.54) is 6.07 Å². The average molecular weight is 501 g/mol. The first-order chi connectivity index (χ1) is 17.8. The Morgan fingerprint density at radius 1 is 0.811 bits per heavy atom. The largest absolute Gasteiger partial charge is 0.416 e. The number of benzene rings is 3. The van der Waals surface area contributed by atoms with Gasteiger partial charge in [0, 0.05) is 24.1 Å². The van der Waals surface area contributed by atoms with Crippen molar-refractivity contribution in [3.63, 3.8) is 0 Å². The van der Waals surface area contributed by atoms with Gasteiger partial charge in [0.1, 0.15) is 12.4 Å². The van der Waals surface area contributed by atoms with E-state index in [2.05, 4.69) is 15.2 Å². The Kier molecular flexibility index (Phi) is 5.25. The van der Waals surface area contributed by atoms with Crippen LogP contribution < -0.4 is 0 Å². The van der Waals surface area contributed by atoms with Crippen molar-refractivity contribution in [2.75, 3.05) is 6.54 Å². The molecule has 0 saturated carbocycles. The second kappa shape index (κ2) is 8.51. The zero-order valence-corrected chi connectivity index (χ0v) is 19.2. The minimum Gasteiger partial charge on any atom is -0.281 e. The highest BCUT2D eigenvalue weighted by Gasteiger charge is 2.36. The molecule has 3 aromatic carbocycles. The molecule has 6 rings (SSSR count). The van der Waals surface area contributed by atoms with Gasteiger partial charge in [-0.15, -0.1) is 10.2 Å². The highest BCUT2D eigenvalue weighted by Crippen LogP contribution is 2.34. The van der Waals surface area contributed by atoms with E-state index in [0.717, 1.165) is 17.0 Å². The normalized spacial score (nSPS) is 14.7. The van der Waals surface area contributed by atoms with Crippen LogP contribution in [0.2, 0.25) is 0 Å². The van der Waals surface area contributed by atoms with Crippen LogP contribution >= 0.6 is 0 Å². The zero-order valence-electron chi connectivity index (χ0n) is 19.2. The number of fused-ring (bicyclic) bond motifs is 4. The molecule has 0 radical (unpaired) electrons. The summed E-state index contributed by atoms with van der Waals surface area (Å²) in [7, 11) is 0. The first kappa shape index (κ1) is 22.8. The molecule has 0 unspecified atom stereocenters. The second-order valence-electron chi connectivity index (χ2n) is 8.69. The predicted octanol–water partition coefficient (Wildman–Crippen LogP) is 4.48. The molecule has 0 N–H and O–H groups in total. The molecule has 1 aromatic heterocycles. The Hall–Kier alpha value is -4.60. The van der Waals surface area contributed by atoms with Crippen molar-refractivity contribution in [3.8, 4) is 5.69 Å². The minimum atomic E-state index is -4.53. The molecule has 7 nitrogen and oxygen atoms in total. The van der Waals surface area contributed by atoms with Crippen LogP contribution in [0.4, 0.5) is 13.2 Å². The van der Waals surface area contributed by atoms with E-state index in [9.17, 15) is 22.8 Å². The molecule has 10 heteroatoms. The van der Waals surface area contributed by atoms with Gasteiger partial charge in [0.05, 0.1) is 28.1 Å². The van der Waals surface area contributed by atoms with Gasteiger partial charge >= 0.3 is 6.18 Å². The lowest BCUT2D eigenvalue weighted by atomic mass is 9.98. The molecule has 0 fully saturated rings. The summed E-state index contributed by atoms with van der Waals surface area (Å²) in [5.41, 5.74) is 1.73. The fraction of sp³-hybridized carbons (Fsp3) is 0.148. The van der Waals surface area contributed by atoms with Crippen LogP contribution in [-0.4, -0.2) is 43.7 Å². The van der Waals surface area contributed by atoms with Crippen molar-refractivity contribution in [3.05, 3.63) is 112 Å². The third kappa shape index (κ3) is 3.81. The standard InChI is InChI=1S/C27H18F3N5O2/c28-27(29,30)17-10-11-21-20(14-17)24(16-6-2-1-3-7-16)31-15-23-33-32-22(35(21)23)12-13-34-25(36)18-8-4-5-9-19(18)26(34)37/h1-11,14H,12-13,15H2. The summed E-state index contributed by atoms with van der Waals surface area (Å²) in [6.07, 6.45) is -4.37. The molecule has 3 heterocycles. The number of imide groups is 1. The van der Waals surface area contributed by atoms with E-state index in [0.29, 0.717) is 45.3 Å². The van der Waals surface area contributed by atoms with Gasteiger partial charge in [-0.3, -0.25) is 24.0 Å². The fourth-order valence-electron chi connectivity index (χ4n) is 4.72. The quantitative estimate of drug-likeness (QED) is 0.387. The lowest BCUT2D eigenvalue weighted by Crippen LogP contribution is -2.32. The number of rotatable bonds is 4. The van der Waals surface area contributed by atoms with Crippen LogP contribution in [0.25, 0.3) is 5.69 Å². The van der Waals surface area contributed by atoms with Gasteiger partial charge in [0.25, 0.3) is 11.8 Å². The number of alkyl halides is 3. The van der Waals surface area contributed by atoms with Crippen molar-refractivity contribution in [2.45, 2.75) is 19.1 Å². The number of carbonyl (C=O) groups excluding carboxylic acids is 2. The second-order valence-corrected chi connectivity index (χ2v) is 8.69. The summed E-state index contributed by atoms with van der Waals surface area (Å²) in [6.45, 7) is 0.146. The van der Waals surface area contributed by atoms with Crippen molar-refractivity contribution in [2.24, 2.45) is 4.99 Å². The van der Waals surface area contributed by atoms with E-state index < -0.39 is 11.7 Å². The molecule has 2 amide bonds. The summed E-state index contributed by atoms with van der Waals surface area (Å²) in [4.78, 5) is 31.3. The molecule has 2 aliphatic rings. The molecule has 0 spiro atoms. The molecular weight excluding hydrogens is 483 g/mol. The molecule has 2 aliphatic heterocycles. The van der Waals surface area contributed by atoms with Crippen LogP contribution in [0, 0.1) is 0 Å². The summed E-state index contributed by atoms with van der Waals surface area (Å²) in [5.74, 6) is 0.0867. The molecule has 37 heavy (non-hydrogen) atoms. The van der Waals surface area contributed by atoms with E-state index in [-0.39, 0.29) is 31.3 Å². The summed E-state index contributed by atoms with van der Waals surface area (Å²) < 4.78 is 42.6. The van der Waals surface area contributed by atoms with Crippen molar-refractivity contribution >= 4 is 17.5 Å². The van der Waals surface area contributed by atoms with Gasteiger partial charge in [-0.1, -0.05) is 42.5 Å². The Morgan fingerprint density at radius 2 is 1.49 bits per heavy atom. The maximum absolute atomic E-state index is 13.6. The number of nitrogens with zero attached hydrogens (tertiary/aromatic N) is 5. The highest BCUT2D eigenvalue weighted by molar-refractivity contribution is 6.21. The van der Waals surface area contributed by atoms with Crippen LogP contribution in [0.5, 0.6) is 0 Å². The lowest BCUT2D eigenvalue weighted by molar-refractivity contribution is -0.137. The number of aliphatic imine (C=N–C) groups is 1. The third-order valence-electron chi connectivity index (χ3n) is 6.48. The maximum atomic E-state index is 13.6. The average Bonchev–Trinajstić information content (AvgIpc) is 3.35. The Morgan fingerprint density at radius 3 is 2.16 bits per heavy atom. The van der Waals surface area contributed by atoms with E-state index in [1.54, 1.807) is 53.1 Å². The zero-order chi connectivity index (χ0) is 25.7. The van der Waals surface area contributed by atoms with Crippen molar-refractivity contribution in [1.82, 2.24) is 19.7 Å². The number of carbonyl (C=O) groups is 2. The third-order valence-corrected chi connectivity index (χ3v) is 6.48. The smallest absolute Gasteiger partial charge is 0.281 e. The van der Waals surface area contributed by atoms with Gasteiger partial charge in [-0.25, -0.2) is 0 Å². The molecule has 184 valence electrons.